The molecule has 1 fully saturated rings. The molecule has 4 rings (SSSR count). The Balaban J connectivity index is 1.77. The summed E-state index contributed by atoms with van der Waals surface area (Å²) in [5.41, 5.74) is -0.331. The van der Waals surface area contributed by atoms with Crippen molar-refractivity contribution in [2.45, 2.75) is 32.3 Å². The second kappa shape index (κ2) is 10.4. The number of alkyl halides is 3. The molecule has 0 amide bonds. The highest BCUT2D eigenvalue weighted by molar-refractivity contribution is 6.31. The highest BCUT2D eigenvalue weighted by atomic mass is 35.5. The Morgan fingerprint density at radius 2 is 2.00 bits per heavy atom. The molecular weight excluding hydrogens is 500 g/mol. The first kappa shape index (κ1) is 25.2. The fraction of sp³-hybridized carbons (Fsp3) is 0.476. The Hall–Kier alpha value is -2.90. The van der Waals surface area contributed by atoms with Gasteiger partial charge in [-0.1, -0.05) is 18.5 Å². The van der Waals surface area contributed by atoms with E-state index in [0.29, 0.717) is 37.8 Å². The third-order valence-electron chi connectivity index (χ3n) is 5.07. The Bertz CT molecular complexity index is 1080. The molecule has 9 nitrogen and oxygen atoms in total. The molecule has 1 saturated heterocycles. The number of morpholine rings is 1. The van der Waals surface area contributed by atoms with Crippen LogP contribution in [-0.4, -0.2) is 59.9 Å². The Kier molecular flexibility index (Phi) is 7.47. The number of fused-ring (bicyclic) bond motifs is 1. The monoisotopic (exact) mass is 520 g/mol. The van der Waals surface area contributed by atoms with Crippen molar-refractivity contribution in [3.63, 3.8) is 0 Å². The van der Waals surface area contributed by atoms with Gasteiger partial charge >= 0.3 is 12.1 Å². The van der Waals surface area contributed by atoms with Gasteiger partial charge in [0.15, 0.2) is 5.82 Å². The maximum atomic E-state index is 14.0. The van der Waals surface area contributed by atoms with Crippen LogP contribution in [0.15, 0.2) is 18.2 Å². The quantitative estimate of drug-likeness (QED) is 0.506. The van der Waals surface area contributed by atoms with Crippen LogP contribution in [0.1, 0.15) is 31.0 Å². The number of aromatic nitrogens is 2. The Labute approximate surface area is 202 Å². The van der Waals surface area contributed by atoms with Crippen molar-refractivity contribution in [1.82, 2.24) is 14.9 Å². The topological polar surface area (TPSA) is 86.3 Å². The highest BCUT2D eigenvalue weighted by Gasteiger charge is 2.48. The first-order valence-corrected chi connectivity index (χ1v) is 11.1. The molecule has 2 aromatic rings. The number of carbonyl (C=O) groups is 1. The van der Waals surface area contributed by atoms with Gasteiger partial charge in [-0.3, -0.25) is 4.90 Å². The molecule has 2 aliphatic heterocycles. The highest BCUT2D eigenvalue weighted by Crippen LogP contribution is 2.49. The predicted molar refractivity (Wildman–Crippen MR) is 113 cm³/mol. The maximum Gasteiger partial charge on any atom is 0.493 e. The van der Waals surface area contributed by atoms with Crippen molar-refractivity contribution in [1.29, 1.82) is 0 Å². The second-order valence-electron chi connectivity index (χ2n) is 7.67. The largest absolute Gasteiger partial charge is 0.493 e. The Morgan fingerprint density at radius 1 is 1.26 bits per heavy atom. The van der Waals surface area contributed by atoms with E-state index in [1.165, 1.54) is 6.07 Å². The van der Waals surface area contributed by atoms with E-state index in [1.807, 2.05) is 11.8 Å². The summed E-state index contributed by atoms with van der Waals surface area (Å²) in [6, 6.07) is 3.23. The lowest BCUT2D eigenvalue weighted by Crippen LogP contribution is -2.37. The number of nitrogens with zero attached hydrogens (tertiary/aromatic N) is 4. The molecule has 35 heavy (non-hydrogen) atoms. The molecule has 190 valence electrons. The van der Waals surface area contributed by atoms with Crippen LogP contribution in [-0.2, 0) is 20.9 Å². The van der Waals surface area contributed by atoms with Crippen molar-refractivity contribution < 1.29 is 41.4 Å². The summed E-state index contributed by atoms with van der Waals surface area (Å²) in [5, 5.41) is 0.477. The van der Waals surface area contributed by atoms with Crippen LogP contribution in [0.3, 0.4) is 0 Å². The fourth-order valence-electron chi connectivity index (χ4n) is 3.46. The van der Waals surface area contributed by atoms with Crippen LogP contribution >= 0.6 is 11.6 Å². The third kappa shape index (κ3) is 5.68. The standard InChI is InChI=1S/C21H21ClF4N4O5/c1-2-7-33-17-16-18(28-15(27-17)11-29-5-8-32-9-6-29)34-19(13-10-12(23)3-4-14(13)22)30(16)35-20(31)21(24,25)26/h3-4,10,19H,2,5-9,11H2,1H3. The minimum atomic E-state index is -5.32. The van der Waals surface area contributed by atoms with Gasteiger partial charge < -0.3 is 19.0 Å². The van der Waals surface area contributed by atoms with Crippen molar-refractivity contribution in [3.05, 3.63) is 40.4 Å². The van der Waals surface area contributed by atoms with E-state index in [9.17, 15) is 22.4 Å². The number of benzene rings is 1. The summed E-state index contributed by atoms with van der Waals surface area (Å²) in [6.45, 7) is 4.59. The number of hydroxylamine groups is 1. The SMILES string of the molecule is CCCOc1nc(CN2CCOCC2)nc2c1N(OC(=O)C(F)(F)F)C(c1cc(F)ccc1Cl)O2. The lowest BCUT2D eigenvalue weighted by Gasteiger charge is -2.26. The Morgan fingerprint density at radius 3 is 2.69 bits per heavy atom. The van der Waals surface area contributed by atoms with Gasteiger partial charge in [0, 0.05) is 23.7 Å². The summed E-state index contributed by atoms with van der Waals surface area (Å²) in [7, 11) is 0. The summed E-state index contributed by atoms with van der Waals surface area (Å²) < 4.78 is 70.0. The van der Waals surface area contributed by atoms with Crippen LogP contribution < -0.4 is 14.5 Å². The van der Waals surface area contributed by atoms with Crippen molar-refractivity contribution in [3.8, 4) is 11.8 Å². The maximum absolute atomic E-state index is 14.0. The van der Waals surface area contributed by atoms with E-state index in [4.69, 9.17) is 25.8 Å². The molecule has 1 aromatic carbocycles. The number of hydrogen-bond acceptors (Lipinski definition) is 9. The molecule has 0 spiro atoms. The first-order chi connectivity index (χ1) is 16.7. The molecule has 0 N–H and O–H groups in total. The van der Waals surface area contributed by atoms with E-state index >= 15 is 0 Å². The normalized spacial score (nSPS) is 18.2. The molecule has 1 atom stereocenters. The molecule has 2 aliphatic rings. The van der Waals surface area contributed by atoms with Gasteiger partial charge in [0.1, 0.15) is 5.82 Å². The predicted octanol–water partition coefficient (Wildman–Crippen LogP) is 3.81. The zero-order valence-corrected chi connectivity index (χ0v) is 19.2. The van der Waals surface area contributed by atoms with Crippen molar-refractivity contribution in [2.24, 2.45) is 0 Å². The lowest BCUT2D eigenvalue weighted by atomic mass is 10.2. The molecule has 1 aromatic heterocycles. The minimum absolute atomic E-state index is 0.0326. The van der Waals surface area contributed by atoms with Gasteiger partial charge in [0.2, 0.25) is 17.8 Å². The molecule has 0 aliphatic carbocycles. The van der Waals surface area contributed by atoms with Gasteiger partial charge in [-0.05, 0) is 24.6 Å². The van der Waals surface area contributed by atoms with Crippen molar-refractivity contribution >= 4 is 23.3 Å². The minimum Gasteiger partial charge on any atom is -0.476 e. The number of carbonyl (C=O) groups excluding carboxylic acids is 1. The van der Waals surface area contributed by atoms with Gasteiger partial charge in [-0.15, -0.1) is 5.06 Å². The smallest absolute Gasteiger partial charge is 0.476 e. The summed E-state index contributed by atoms with van der Waals surface area (Å²) >= 11 is 6.17. The summed E-state index contributed by atoms with van der Waals surface area (Å²) in [6.07, 6.45) is -6.34. The van der Waals surface area contributed by atoms with E-state index in [1.54, 1.807) is 0 Å². The third-order valence-corrected chi connectivity index (χ3v) is 5.42. The zero-order chi connectivity index (χ0) is 25.2. The molecular formula is C21H21ClF4N4O5. The van der Waals surface area contributed by atoms with E-state index < -0.39 is 24.2 Å². The molecule has 0 bridgehead atoms. The van der Waals surface area contributed by atoms with E-state index in [2.05, 4.69) is 14.8 Å². The van der Waals surface area contributed by atoms with Gasteiger partial charge in [0.05, 0.1) is 26.4 Å². The first-order valence-electron chi connectivity index (χ1n) is 10.7. The lowest BCUT2D eigenvalue weighted by molar-refractivity contribution is -0.203. The molecule has 14 heteroatoms. The number of anilines is 1. The van der Waals surface area contributed by atoms with Crippen molar-refractivity contribution in [2.75, 3.05) is 38.0 Å². The number of rotatable bonds is 7. The number of ether oxygens (including phenoxy) is 3. The molecule has 0 saturated carbocycles. The van der Waals surface area contributed by atoms with Gasteiger partial charge in [-0.25, -0.2) is 9.18 Å². The molecule has 1 unspecified atom stereocenters. The average Bonchev–Trinajstić information content (AvgIpc) is 3.17. The number of halogens is 5. The second-order valence-corrected chi connectivity index (χ2v) is 8.08. The van der Waals surface area contributed by atoms with E-state index in [-0.39, 0.29) is 47.0 Å². The fourth-order valence-corrected chi connectivity index (χ4v) is 3.67. The molecule has 3 heterocycles. The van der Waals surface area contributed by atoms with Crippen LogP contribution in [0.4, 0.5) is 23.2 Å². The van der Waals surface area contributed by atoms with Crippen LogP contribution in [0.25, 0.3) is 0 Å². The van der Waals surface area contributed by atoms with E-state index in [0.717, 1.165) is 12.1 Å². The average molecular weight is 521 g/mol. The van der Waals surface area contributed by atoms with Crippen LogP contribution in [0.2, 0.25) is 5.02 Å². The van der Waals surface area contributed by atoms with Crippen LogP contribution in [0.5, 0.6) is 11.8 Å². The summed E-state index contributed by atoms with van der Waals surface area (Å²) in [4.78, 5) is 27.1. The summed E-state index contributed by atoms with van der Waals surface area (Å²) in [5.74, 6) is -3.33. The van der Waals surface area contributed by atoms with Gasteiger partial charge in [0.25, 0.3) is 5.88 Å². The van der Waals surface area contributed by atoms with Gasteiger partial charge in [-0.2, -0.15) is 23.1 Å². The number of hydrogen-bond donors (Lipinski definition) is 0. The zero-order valence-electron chi connectivity index (χ0n) is 18.5. The molecule has 0 radical (unpaired) electrons. The van der Waals surface area contributed by atoms with Crippen LogP contribution in [0, 0.1) is 5.82 Å².